The second kappa shape index (κ2) is 4.60. The van der Waals surface area contributed by atoms with Crippen molar-refractivity contribution in [1.82, 2.24) is 15.1 Å². The van der Waals surface area contributed by atoms with Crippen molar-refractivity contribution in [3.8, 4) is 0 Å². The number of aryl methyl sites for hydroxylation is 1. The molecule has 1 N–H and O–H groups in total. The lowest BCUT2D eigenvalue weighted by atomic mass is 9.86. The van der Waals surface area contributed by atoms with Gasteiger partial charge in [-0.15, -0.1) is 0 Å². The lowest BCUT2D eigenvalue weighted by Crippen LogP contribution is -2.25. The standard InChI is InChI=1S/C11H21N3/c1-5-12-8-7-11(2,3)10-6-9-14(4)13-10/h6,9,12H,5,7-8H2,1-4H3. The number of nitrogens with one attached hydrogen (secondary N) is 1. The normalized spacial score (nSPS) is 12.0. The zero-order valence-electron chi connectivity index (χ0n) is 9.67. The molecular formula is C11H21N3. The number of hydrogen-bond acceptors (Lipinski definition) is 2. The van der Waals surface area contributed by atoms with Crippen LogP contribution in [0.5, 0.6) is 0 Å². The van der Waals surface area contributed by atoms with Gasteiger partial charge >= 0.3 is 0 Å². The maximum absolute atomic E-state index is 4.45. The highest BCUT2D eigenvalue weighted by Gasteiger charge is 2.22. The van der Waals surface area contributed by atoms with Crippen LogP contribution in [0.4, 0.5) is 0 Å². The fourth-order valence-electron chi connectivity index (χ4n) is 1.48. The monoisotopic (exact) mass is 195 g/mol. The van der Waals surface area contributed by atoms with Gasteiger partial charge in [-0.05, 0) is 25.6 Å². The molecule has 0 bridgehead atoms. The first-order valence-corrected chi connectivity index (χ1v) is 5.27. The van der Waals surface area contributed by atoms with Gasteiger partial charge in [0.1, 0.15) is 0 Å². The summed E-state index contributed by atoms with van der Waals surface area (Å²) in [7, 11) is 1.96. The van der Waals surface area contributed by atoms with E-state index in [-0.39, 0.29) is 5.41 Å². The van der Waals surface area contributed by atoms with E-state index in [0.717, 1.165) is 19.5 Å². The topological polar surface area (TPSA) is 29.9 Å². The Hall–Kier alpha value is -0.830. The van der Waals surface area contributed by atoms with Gasteiger partial charge in [0.2, 0.25) is 0 Å². The number of nitrogens with zero attached hydrogens (tertiary/aromatic N) is 2. The maximum atomic E-state index is 4.45. The summed E-state index contributed by atoms with van der Waals surface area (Å²) in [5, 5.41) is 7.80. The Morgan fingerprint density at radius 1 is 1.50 bits per heavy atom. The molecule has 0 atom stereocenters. The number of rotatable bonds is 5. The smallest absolute Gasteiger partial charge is 0.0681 e. The summed E-state index contributed by atoms with van der Waals surface area (Å²) in [5.41, 5.74) is 1.35. The van der Waals surface area contributed by atoms with Gasteiger partial charge in [-0.25, -0.2) is 0 Å². The first-order chi connectivity index (χ1) is 6.56. The Labute approximate surface area is 86.5 Å². The van der Waals surface area contributed by atoms with E-state index in [1.54, 1.807) is 0 Å². The molecule has 0 fully saturated rings. The molecule has 0 radical (unpaired) electrons. The Bertz CT molecular complexity index is 276. The van der Waals surface area contributed by atoms with Crippen LogP contribution in [-0.4, -0.2) is 22.9 Å². The first-order valence-electron chi connectivity index (χ1n) is 5.27. The second-order valence-electron chi connectivity index (χ2n) is 4.36. The Balaban J connectivity index is 2.56. The molecule has 3 heteroatoms. The molecule has 0 saturated carbocycles. The van der Waals surface area contributed by atoms with Gasteiger partial charge in [0.15, 0.2) is 0 Å². The Morgan fingerprint density at radius 3 is 2.71 bits per heavy atom. The maximum Gasteiger partial charge on any atom is 0.0681 e. The van der Waals surface area contributed by atoms with Crippen LogP contribution >= 0.6 is 0 Å². The highest BCUT2D eigenvalue weighted by molar-refractivity contribution is 5.11. The first kappa shape index (κ1) is 11.2. The zero-order chi connectivity index (χ0) is 10.6. The fraction of sp³-hybridized carbons (Fsp3) is 0.727. The summed E-state index contributed by atoms with van der Waals surface area (Å²) >= 11 is 0. The van der Waals surface area contributed by atoms with Crippen LogP contribution in [0.2, 0.25) is 0 Å². The van der Waals surface area contributed by atoms with Crippen molar-refractivity contribution in [2.75, 3.05) is 13.1 Å². The van der Waals surface area contributed by atoms with Gasteiger partial charge in [0, 0.05) is 18.7 Å². The van der Waals surface area contributed by atoms with Gasteiger partial charge < -0.3 is 5.32 Å². The van der Waals surface area contributed by atoms with E-state index in [2.05, 4.69) is 37.3 Å². The lowest BCUT2D eigenvalue weighted by molar-refractivity contribution is 0.444. The van der Waals surface area contributed by atoms with E-state index < -0.39 is 0 Å². The van der Waals surface area contributed by atoms with Crippen LogP contribution in [0.3, 0.4) is 0 Å². The largest absolute Gasteiger partial charge is 0.317 e. The summed E-state index contributed by atoms with van der Waals surface area (Å²) in [5.74, 6) is 0. The lowest BCUT2D eigenvalue weighted by Gasteiger charge is -2.22. The summed E-state index contributed by atoms with van der Waals surface area (Å²) in [6, 6.07) is 2.10. The molecule has 80 valence electrons. The molecule has 0 unspecified atom stereocenters. The average molecular weight is 195 g/mol. The molecule has 0 aromatic carbocycles. The molecular weight excluding hydrogens is 174 g/mol. The van der Waals surface area contributed by atoms with Crippen LogP contribution < -0.4 is 5.32 Å². The summed E-state index contributed by atoms with van der Waals surface area (Å²) in [6.07, 6.45) is 3.13. The average Bonchev–Trinajstić information content (AvgIpc) is 2.53. The molecule has 3 nitrogen and oxygen atoms in total. The van der Waals surface area contributed by atoms with Gasteiger partial charge in [0.25, 0.3) is 0 Å². The number of hydrogen-bond donors (Lipinski definition) is 1. The van der Waals surface area contributed by atoms with Gasteiger partial charge in [0.05, 0.1) is 5.69 Å². The van der Waals surface area contributed by atoms with Gasteiger partial charge in [-0.1, -0.05) is 20.8 Å². The van der Waals surface area contributed by atoms with E-state index in [1.807, 2.05) is 17.9 Å². The number of aromatic nitrogens is 2. The van der Waals surface area contributed by atoms with E-state index in [0.29, 0.717) is 0 Å². The summed E-state index contributed by atoms with van der Waals surface area (Å²) in [4.78, 5) is 0. The van der Waals surface area contributed by atoms with Crippen molar-refractivity contribution >= 4 is 0 Å². The molecule has 0 spiro atoms. The predicted molar refractivity (Wildman–Crippen MR) is 59.4 cm³/mol. The van der Waals surface area contributed by atoms with E-state index in [9.17, 15) is 0 Å². The van der Waals surface area contributed by atoms with Crippen LogP contribution in [-0.2, 0) is 12.5 Å². The van der Waals surface area contributed by atoms with Crippen LogP contribution in [0, 0.1) is 0 Å². The Morgan fingerprint density at radius 2 is 2.21 bits per heavy atom. The molecule has 1 aromatic rings. The van der Waals surface area contributed by atoms with Crippen molar-refractivity contribution in [2.24, 2.45) is 7.05 Å². The molecule has 0 aliphatic heterocycles. The summed E-state index contributed by atoms with van der Waals surface area (Å²) < 4.78 is 1.87. The predicted octanol–water partition coefficient (Wildman–Crippen LogP) is 1.70. The van der Waals surface area contributed by atoms with Crippen LogP contribution in [0.1, 0.15) is 32.9 Å². The molecule has 1 rings (SSSR count). The molecule has 14 heavy (non-hydrogen) atoms. The SMILES string of the molecule is CCNCCC(C)(C)c1ccn(C)n1. The third kappa shape index (κ3) is 2.84. The minimum Gasteiger partial charge on any atom is -0.317 e. The Kier molecular flexibility index (Phi) is 3.69. The highest BCUT2D eigenvalue weighted by atomic mass is 15.2. The van der Waals surface area contributed by atoms with Crippen LogP contribution in [0.25, 0.3) is 0 Å². The van der Waals surface area contributed by atoms with E-state index >= 15 is 0 Å². The fourth-order valence-corrected chi connectivity index (χ4v) is 1.48. The van der Waals surface area contributed by atoms with Crippen molar-refractivity contribution in [2.45, 2.75) is 32.6 Å². The highest BCUT2D eigenvalue weighted by Crippen LogP contribution is 2.24. The van der Waals surface area contributed by atoms with Crippen molar-refractivity contribution in [3.63, 3.8) is 0 Å². The molecule has 0 saturated heterocycles. The summed E-state index contributed by atoms with van der Waals surface area (Å²) in [6.45, 7) is 8.71. The second-order valence-corrected chi connectivity index (χ2v) is 4.36. The van der Waals surface area contributed by atoms with Gasteiger partial charge in [-0.2, -0.15) is 5.10 Å². The molecule has 0 aliphatic carbocycles. The van der Waals surface area contributed by atoms with Crippen molar-refractivity contribution < 1.29 is 0 Å². The van der Waals surface area contributed by atoms with Crippen molar-refractivity contribution in [3.05, 3.63) is 18.0 Å². The van der Waals surface area contributed by atoms with Crippen LogP contribution in [0.15, 0.2) is 12.3 Å². The molecule has 0 aliphatic rings. The van der Waals surface area contributed by atoms with E-state index in [1.165, 1.54) is 5.69 Å². The van der Waals surface area contributed by atoms with Crippen molar-refractivity contribution in [1.29, 1.82) is 0 Å². The van der Waals surface area contributed by atoms with E-state index in [4.69, 9.17) is 0 Å². The quantitative estimate of drug-likeness (QED) is 0.725. The third-order valence-corrected chi connectivity index (χ3v) is 2.58. The molecule has 1 aromatic heterocycles. The third-order valence-electron chi connectivity index (χ3n) is 2.58. The minimum atomic E-state index is 0.170. The molecule has 0 amide bonds. The molecule has 1 heterocycles. The van der Waals surface area contributed by atoms with Gasteiger partial charge in [-0.3, -0.25) is 4.68 Å². The minimum absolute atomic E-state index is 0.170. The zero-order valence-corrected chi connectivity index (χ0v) is 9.67.